The van der Waals surface area contributed by atoms with Crippen LogP contribution in [-0.2, 0) is 6.54 Å². The molecule has 3 aromatic rings. The van der Waals surface area contributed by atoms with Gasteiger partial charge in [-0.25, -0.2) is 4.98 Å². The Labute approximate surface area is 127 Å². The van der Waals surface area contributed by atoms with E-state index in [2.05, 4.69) is 4.98 Å². The molecule has 1 atom stereocenters. The van der Waals surface area contributed by atoms with Crippen LogP contribution >= 0.6 is 11.6 Å². The Hall–Kier alpha value is -2.04. The third kappa shape index (κ3) is 3.17. The number of hydrogen-bond donors (Lipinski definition) is 1. The molecule has 0 spiro atoms. The van der Waals surface area contributed by atoms with Crippen LogP contribution in [0.25, 0.3) is 11.0 Å². The summed E-state index contributed by atoms with van der Waals surface area (Å²) in [6.07, 6.45) is -0.666. The predicted molar refractivity (Wildman–Crippen MR) is 82.7 cm³/mol. The molecule has 5 heteroatoms. The lowest BCUT2D eigenvalue weighted by molar-refractivity contribution is 0.0935. The summed E-state index contributed by atoms with van der Waals surface area (Å²) < 4.78 is 7.33. The zero-order chi connectivity index (χ0) is 14.7. The van der Waals surface area contributed by atoms with Crippen LogP contribution in [0.15, 0.2) is 54.6 Å². The molecular formula is C16H15ClN2O2. The molecule has 0 aliphatic heterocycles. The van der Waals surface area contributed by atoms with E-state index in [1.54, 1.807) is 4.57 Å². The zero-order valence-electron chi connectivity index (χ0n) is 11.3. The van der Waals surface area contributed by atoms with Crippen molar-refractivity contribution in [1.82, 2.24) is 9.55 Å². The summed E-state index contributed by atoms with van der Waals surface area (Å²) in [5.74, 6) is 0.734. The normalized spacial score (nSPS) is 12.5. The van der Waals surface area contributed by atoms with Crippen molar-refractivity contribution in [2.45, 2.75) is 12.6 Å². The van der Waals surface area contributed by atoms with Crippen molar-refractivity contribution >= 4 is 22.6 Å². The van der Waals surface area contributed by atoms with Gasteiger partial charge in [0.25, 0.3) is 0 Å². The van der Waals surface area contributed by atoms with Crippen molar-refractivity contribution in [3.63, 3.8) is 0 Å². The van der Waals surface area contributed by atoms with E-state index in [0.29, 0.717) is 11.8 Å². The number of imidazole rings is 1. The van der Waals surface area contributed by atoms with Gasteiger partial charge in [-0.2, -0.15) is 0 Å². The molecule has 1 aromatic heterocycles. The lowest BCUT2D eigenvalue weighted by Gasteiger charge is -2.14. The highest BCUT2D eigenvalue weighted by molar-refractivity contribution is 6.29. The van der Waals surface area contributed by atoms with E-state index in [4.69, 9.17) is 16.3 Å². The maximum Gasteiger partial charge on any atom is 0.203 e. The molecule has 1 N–H and O–H groups in total. The molecule has 0 saturated heterocycles. The van der Waals surface area contributed by atoms with Crippen molar-refractivity contribution in [2.75, 3.05) is 6.61 Å². The second kappa shape index (κ2) is 6.16. The zero-order valence-corrected chi connectivity index (χ0v) is 12.1. The highest BCUT2D eigenvalue weighted by Crippen LogP contribution is 2.20. The van der Waals surface area contributed by atoms with Gasteiger partial charge in [-0.05, 0) is 35.9 Å². The fourth-order valence-electron chi connectivity index (χ4n) is 2.19. The Kier molecular flexibility index (Phi) is 4.08. The minimum absolute atomic E-state index is 0.201. The summed E-state index contributed by atoms with van der Waals surface area (Å²) in [6.45, 7) is 0.541. The van der Waals surface area contributed by atoms with E-state index in [9.17, 15) is 5.11 Å². The van der Waals surface area contributed by atoms with E-state index < -0.39 is 6.10 Å². The van der Waals surface area contributed by atoms with Crippen LogP contribution in [0.3, 0.4) is 0 Å². The largest absolute Gasteiger partial charge is 0.491 e. The standard InChI is InChI=1S/C16H15ClN2O2/c17-16-18-14-8-4-5-9-15(14)19(16)10-12(20)11-21-13-6-2-1-3-7-13/h1-9,12,20H,10-11H2/t12-/m0/s1. The van der Waals surface area contributed by atoms with E-state index in [1.807, 2.05) is 54.6 Å². The van der Waals surface area contributed by atoms with Gasteiger partial charge in [-0.3, -0.25) is 0 Å². The molecule has 1 heterocycles. The molecule has 0 radical (unpaired) electrons. The Bertz CT molecular complexity index is 727. The maximum absolute atomic E-state index is 10.1. The first kappa shape index (κ1) is 13.9. The Balaban J connectivity index is 1.69. The van der Waals surface area contributed by atoms with E-state index in [0.717, 1.165) is 16.8 Å². The second-order valence-electron chi connectivity index (χ2n) is 4.76. The molecule has 0 saturated carbocycles. The fraction of sp³-hybridized carbons (Fsp3) is 0.188. The van der Waals surface area contributed by atoms with Crippen molar-refractivity contribution in [2.24, 2.45) is 0 Å². The van der Waals surface area contributed by atoms with Crippen molar-refractivity contribution in [3.05, 3.63) is 59.9 Å². The van der Waals surface area contributed by atoms with Crippen LogP contribution in [0, 0.1) is 0 Å². The number of halogens is 1. The molecule has 108 valence electrons. The molecule has 4 nitrogen and oxygen atoms in total. The minimum Gasteiger partial charge on any atom is -0.491 e. The van der Waals surface area contributed by atoms with Gasteiger partial charge < -0.3 is 14.4 Å². The summed E-state index contributed by atoms with van der Waals surface area (Å²) in [6, 6.07) is 17.1. The van der Waals surface area contributed by atoms with Gasteiger partial charge in [0.2, 0.25) is 5.28 Å². The first-order valence-electron chi connectivity index (χ1n) is 6.71. The Morgan fingerprint density at radius 2 is 1.81 bits per heavy atom. The SMILES string of the molecule is O[C@H](COc1ccccc1)Cn1c(Cl)nc2ccccc21. The highest BCUT2D eigenvalue weighted by atomic mass is 35.5. The average molecular weight is 303 g/mol. The van der Waals surface area contributed by atoms with Crippen LogP contribution in [0.1, 0.15) is 0 Å². The van der Waals surface area contributed by atoms with Crippen molar-refractivity contribution < 1.29 is 9.84 Å². The summed E-state index contributed by atoms with van der Waals surface area (Å²) in [5, 5.41) is 10.5. The van der Waals surface area contributed by atoms with Gasteiger partial charge in [0.15, 0.2) is 0 Å². The van der Waals surface area contributed by atoms with Crippen LogP contribution in [0.4, 0.5) is 0 Å². The summed E-state index contributed by atoms with van der Waals surface area (Å²) in [7, 11) is 0. The van der Waals surface area contributed by atoms with Gasteiger partial charge in [0.1, 0.15) is 18.5 Å². The summed E-state index contributed by atoms with van der Waals surface area (Å²) in [4.78, 5) is 4.26. The van der Waals surface area contributed by atoms with Crippen LogP contribution in [0.5, 0.6) is 5.75 Å². The Morgan fingerprint density at radius 1 is 1.10 bits per heavy atom. The minimum atomic E-state index is -0.666. The molecule has 0 fully saturated rings. The van der Waals surface area contributed by atoms with Crippen LogP contribution in [-0.4, -0.2) is 27.4 Å². The van der Waals surface area contributed by atoms with E-state index in [1.165, 1.54) is 0 Å². The van der Waals surface area contributed by atoms with Crippen molar-refractivity contribution in [1.29, 1.82) is 0 Å². The van der Waals surface area contributed by atoms with Gasteiger partial charge in [-0.15, -0.1) is 0 Å². The quantitative estimate of drug-likeness (QED) is 0.787. The smallest absolute Gasteiger partial charge is 0.203 e. The maximum atomic E-state index is 10.1. The number of para-hydroxylation sites is 3. The lowest BCUT2D eigenvalue weighted by atomic mass is 10.3. The highest BCUT2D eigenvalue weighted by Gasteiger charge is 2.13. The number of aliphatic hydroxyl groups excluding tert-OH is 1. The molecule has 0 aliphatic carbocycles. The predicted octanol–water partition coefficient (Wildman–Crippen LogP) is 3.13. The van der Waals surface area contributed by atoms with Gasteiger partial charge in [0, 0.05) is 0 Å². The number of nitrogens with zero attached hydrogens (tertiary/aromatic N) is 2. The number of rotatable bonds is 5. The van der Waals surface area contributed by atoms with Gasteiger partial charge in [0.05, 0.1) is 17.6 Å². The number of ether oxygens (including phenoxy) is 1. The van der Waals surface area contributed by atoms with E-state index >= 15 is 0 Å². The van der Waals surface area contributed by atoms with Crippen LogP contribution < -0.4 is 4.74 Å². The third-order valence-corrected chi connectivity index (χ3v) is 3.48. The summed E-state index contributed by atoms with van der Waals surface area (Å²) >= 11 is 6.13. The second-order valence-corrected chi connectivity index (χ2v) is 5.10. The monoisotopic (exact) mass is 302 g/mol. The molecule has 2 aromatic carbocycles. The Morgan fingerprint density at radius 3 is 2.62 bits per heavy atom. The first-order valence-corrected chi connectivity index (χ1v) is 7.08. The lowest BCUT2D eigenvalue weighted by Crippen LogP contribution is -2.23. The van der Waals surface area contributed by atoms with E-state index in [-0.39, 0.29) is 6.61 Å². The molecule has 0 amide bonds. The molecule has 21 heavy (non-hydrogen) atoms. The molecule has 0 unspecified atom stereocenters. The number of aromatic nitrogens is 2. The first-order chi connectivity index (χ1) is 10.2. The van der Waals surface area contributed by atoms with Gasteiger partial charge >= 0.3 is 0 Å². The van der Waals surface area contributed by atoms with Crippen molar-refractivity contribution in [3.8, 4) is 5.75 Å². The number of hydrogen-bond acceptors (Lipinski definition) is 3. The van der Waals surface area contributed by atoms with Crippen LogP contribution in [0.2, 0.25) is 5.28 Å². The molecule has 3 rings (SSSR count). The average Bonchev–Trinajstić information content (AvgIpc) is 2.82. The molecule has 0 aliphatic rings. The summed E-state index contributed by atoms with van der Waals surface area (Å²) in [5.41, 5.74) is 1.72. The number of benzene rings is 2. The molecule has 0 bridgehead atoms. The third-order valence-electron chi connectivity index (χ3n) is 3.19. The van der Waals surface area contributed by atoms with Gasteiger partial charge in [-0.1, -0.05) is 30.3 Å². The number of aliphatic hydroxyl groups is 1. The molecular weight excluding hydrogens is 288 g/mol. The topological polar surface area (TPSA) is 47.3 Å². The number of fused-ring (bicyclic) bond motifs is 1. The fourth-order valence-corrected chi connectivity index (χ4v) is 2.44.